The summed E-state index contributed by atoms with van der Waals surface area (Å²) in [6.07, 6.45) is 7.94. The normalized spacial score (nSPS) is 17.4. The van der Waals surface area contributed by atoms with E-state index in [0.717, 1.165) is 32.5 Å². The maximum atomic E-state index is 5.75. The zero-order chi connectivity index (χ0) is 23.5. The van der Waals surface area contributed by atoms with Crippen molar-refractivity contribution in [2.24, 2.45) is 5.92 Å². The number of hydrogen-bond donors (Lipinski definition) is 0. The van der Waals surface area contributed by atoms with Crippen LogP contribution in [0.5, 0.6) is 0 Å². The summed E-state index contributed by atoms with van der Waals surface area (Å²) < 4.78 is 11.5. The van der Waals surface area contributed by atoms with Gasteiger partial charge in [0.2, 0.25) is 0 Å². The number of ether oxygens (including phenoxy) is 2. The van der Waals surface area contributed by atoms with Crippen LogP contribution in [0.25, 0.3) is 11.1 Å². The summed E-state index contributed by atoms with van der Waals surface area (Å²) in [6, 6.07) is 21.5. The van der Waals surface area contributed by atoms with E-state index < -0.39 is 0 Å². The minimum Gasteiger partial charge on any atom is -0.380 e. The molecular formula is C30H39NO2. The Kier molecular flexibility index (Phi) is 9.99. The Labute approximate surface area is 200 Å². The topological polar surface area (TPSA) is 21.7 Å². The molecule has 1 aliphatic rings. The number of hydrogen-bond acceptors (Lipinski definition) is 3. The Morgan fingerprint density at radius 1 is 0.848 bits per heavy atom. The predicted octanol–water partition coefficient (Wildman–Crippen LogP) is 6.84. The molecule has 0 amide bonds. The Morgan fingerprint density at radius 3 is 2.00 bits per heavy atom. The third-order valence-corrected chi connectivity index (χ3v) is 6.17. The molecule has 0 aromatic heterocycles. The van der Waals surface area contributed by atoms with Crippen molar-refractivity contribution in [3.05, 3.63) is 95.2 Å². The standard InChI is InChI=1S/C30H39NO2/c1-5-32-22-20-26(24-14-9-7-10-15-24)28-18-13-19-29(30(28)31(3)4)27(21-23-33-6-2)25-16-11-8-12-17-25/h7-12,14-17,20-21,28H,5-6,13,18-19,22-23H2,1-4H3/b26-20+,27-21-. The zero-order valence-electron chi connectivity index (χ0n) is 20.7. The number of allylic oxidation sites excluding steroid dienone is 3. The van der Waals surface area contributed by atoms with Gasteiger partial charge in [-0.1, -0.05) is 72.8 Å². The lowest BCUT2D eigenvalue weighted by Gasteiger charge is -2.36. The van der Waals surface area contributed by atoms with Gasteiger partial charge in [0.05, 0.1) is 13.2 Å². The molecule has 1 atom stereocenters. The van der Waals surface area contributed by atoms with Crippen molar-refractivity contribution in [2.45, 2.75) is 33.1 Å². The van der Waals surface area contributed by atoms with Crippen LogP contribution in [0.15, 0.2) is 84.1 Å². The minimum absolute atomic E-state index is 0.325. The molecule has 0 saturated carbocycles. The van der Waals surface area contributed by atoms with E-state index in [4.69, 9.17) is 9.47 Å². The molecule has 3 nitrogen and oxygen atoms in total. The lowest BCUT2D eigenvalue weighted by Crippen LogP contribution is -2.26. The van der Waals surface area contributed by atoms with Crippen molar-refractivity contribution >= 4 is 11.1 Å². The van der Waals surface area contributed by atoms with E-state index in [9.17, 15) is 0 Å². The van der Waals surface area contributed by atoms with Gasteiger partial charge in [0.1, 0.15) is 0 Å². The highest BCUT2D eigenvalue weighted by molar-refractivity contribution is 5.82. The first kappa shape index (κ1) is 25.0. The summed E-state index contributed by atoms with van der Waals surface area (Å²) in [5, 5.41) is 0. The van der Waals surface area contributed by atoms with E-state index in [1.165, 1.54) is 33.5 Å². The van der Waals surface area contributed by atoms with Crippen LogP contribution in [0.4, 0.5) is 0 Å². The number of nitrogens with zero attached hydrogens (tertiary/aromatic N) is 1. The molecule has 3 heteroatoms. The van der Waals surface area contributed by atoms with E-state index in [1.807, 2.05) is 6.92 Å². The number of rotatable bonds is 11. The van der Waals surface area contributed by atoms with E-state index in [0.29, 0.717) is 19.1 Å². The SMILES string of the molecule is CCOC/C=C(\C1=C(N(C)C)C(/C(=C/COCC)c2ccccc2)CCC1)c1ccccc1. The minimum atomic E-state index is 0.325. The second kappa shape index (κ2) is 13.2. The molecule has 1 unspecified atom stereocenters. The molecule has 176 valence electrons. The van der Waals surface area contributed by atoms with Crippen LogP contribution >= 0.6 is 0 Å². The van der Waals surface area contributed by atoms with Gasteiger partial charge in [-0.2, -0.15) is 0 Å². The van der Waals surface area contributed by atoms with Crippen LogP contribution in [0.2, 0.25) is 0 Å². The monoisotopic (exact) mass is 445 g/mol. The maximum absolute atomic E-state index is 5.75. The highest BCUT2D eigenvalue weighted by Gasteiger charge is 2.30. The number of benzene rings is 2. The third-order valence-electron chi connectivity index (χ3n) is 6.17. The largest absolute Gasteiger partial charge is 0.380 e. The van der Waals surface area contributed by atoms with Crippen LogP contribution in [0.3, 0.4) is 0 Å². The van der Waals surface area contributed by atoms with Gasteiger partial charge in [-0.25, -0.2) is 0 Å². The van der Waals surface area contributed by atoms with Gasteiger partial charge in [0.25, 0.3) is 0 Å². The Morgan fingerprint density at radius 2 is 1.42 bits per heavy atom. The summed E-state index contributed by atoms with van der Waals surface area (Å²) in [4.78, 5) is 2.33. The fourth-order valence-electron chi connectivity index (χ4n) is 4.77. The van der Waals surface area contributed by atoms with Crippen LogP contribution in [0, 0.1) is 5.92 Å². The second-order valence-corrected chi connectivity index (χ2v) is 8.53. The predicted molar refractivity (Wildman–Crippen MR) is 140 cm³/mol. The zero-order valence-corrected chi connectivity index (χ0v) is 20.7. The molecular weight excluding hydrogens is 406 g/mol. The van der Waals surface area contributed by atoms with Crippen molar-refractivity contribution in [3.63, 3.8) is 0 Å². The maximum Gasteiger partial charge on any atom is 0.0656 e. The first-order valence-corrected chi connectivity index (χ1v) is 12.2. The van der Waals surface area contributed by atoms with Crippen LogP contribution in [-0.2, 0) is 9.47 Å². The molecule has 0 bridgehead atoms. The van der Waals surface area contributed by atoms with Crippen molar-refractivity contribution in [1.29, 1.82) is 0 Å². The lowest BCUT2D eigenvalue weighted by molar-refractivity contribution is 0.177. The highest BCUT2D eigenvalue weighted by Crippen LogP contribution is 2.44. The van der Waals surface area contributed by atoms with E-state index in [1.54, 1.807) is 0 Å². The van der Waals surface area contributed by atoms with Crippen LogP contribution < -0.4 is 0 Å². The molecule has 1 aliphatic carbocycles. The average Bonchev–Trinajstić information content (AvgIpc) is 2.85. The first-order valence-electron chi connectivity index (χ1n) is 12.2. The van der Waals surface area contributed by atoms with Gasteiger partial charge >= 0.3 is 0 Å². The van der Waals surface area contributed by atoms with Crippen molar-refractivity contribution in [3.8, 4) is 0 Å². The van der Waals surface area contributed by atoms with E-state index >= 15 is 0 Å². The molecule has 2 aromatic carbocycles. The summed E-state index contributed by atoms with van der Waals surface area (Å²) in [6.45, 7) is 6.81. The molecule has 0 heterocycles. The fraction of sp³-hybridized carbons (Fsp3) is 0.400. The summed E-state index contributed by atoms with van der Waals surface area (Å²) in [5.74, 6) is 0.325. The summed E-state index contributed by atoms with van der Waals surface area (Å²) in [7, 11) is 4.37. The molecule has 33 heavy (non-hydrogen) atoms. The summed E-state index contributed by atoms with van der Waals surface area (Å²) in [5.41, 5.74) is 8.03. The quantitative estimate of drug-likeness (QED) is 0.353. The van der Waals surface area contributed by atoms with Crippen molar-refractivity contribution in [1.82, 2.24) is 4.90 Å². The van der Waals surface area contributed by atoms with Crippen LogP contribution in [-0.4, -0.2) is 45.4 Å². The van der Waals surface area contributed by atoms with Gasteiger partial charge in [-0.05, 0) is 61.0 Å². The second-order valence-electron chi connectivity index (χ2n) is 8.53. The van der Waals surface area contributed by atoms with Crippen molar-refractivity contribution in [2.75, 3.05) is 40.5 Å². The fourth-order valence-corrected chi connectivity index (χ4v) is 4.77. The molecule has 3 rings (SSSR count). The van der Waals surface area contributed by atoms with Gasteiger partial charge in [-0.15, -0.1) is 0 Å². The van der Waals surface area contributed by atoms with Gasteiger partial charge < -0.3 is 14.4 Å². The molecule has 0 fully saturated rings. The molecule has 0 N–H and O–H groups in total. The Bertz CT molecular complexity index is 942. The van der Waals surface area contributed by atoms with Crippen LogP contribution in [0.1, 0.15) is 44.2 Å². The van der Waals surface area contributed by atoms with Gasteiger partial charge in [0, 0.05) is 38.9 Å². The molecule has 0 spiro atoms. The summed E-state index contributed by atoms with van der Waals surface area (Å²) >= 11 is 0. The highest BCUT2D eigenvalue weighted by atomic mass is 16.5. The molecule has 0 saturated heterocycles. The lowest BCUT2D eigenvalue weighted by atomic mass is 9.76. The van der Waals surface area contributed by atoms with E-state index in [2.05, 4.69) is 98.7 Å². The first-order chi connectivity index (χ1) is 16.2. The Hall–Kier alpha value is -2.62. The van der Waals surface area contributed by atoms with Gasteiger partial charge in [0.15, 0.2) is 0 Å². The third kappa shape index (κ3) is 6.69. The van der Waals surface area contributed by atoms with Gasteiger partial charge in [-0.3, -0.25) is 0 Å². The molecule has 0 aliphatic heterocycles. The molecule has 2 aromatic rings. The smallest absolute Gasteiger partial charge is 0.0656 e. The molecule has 0 radical (unpaired) electrons. The van der Waals surface area contributed by atoms with E-state index in [-0.39, 0.29) is 0 Å². The van der Waals surface area contributed by atoms with Crippen molar-refractivity contribution < 1.29 is 9.47 Å². The Balaban J connectivity index is 2.13. The average molecular weight is 446 g/mol.